The van der Waals surface area contributed by atoms with Crippen LogP contribution in [0.5, 0.6) is 0 Å². The van der Waals surface area contributed by atoms with E-state index in [1.165, 1.54) is 11.8 Å². The fourth-order valence-corrected chi connectivity index (χ4v) is 1.51. The first-order valence-corrected chi connectivity index (χ1v) is 5.53. The van der Waals surface area contributed by atoms with Crippen LogP contribution in [0.25, 0.3) is 6.08 Å². The molecule has 0 aromatic heterocycles. The van der Waals surface area contributed by atoms with Gasteiger partial charge in [-0.3, -0.25) is 4.79 Å². The number of rotatable bonds is 3. The SMILES string of the molecule is CC(=O)SCC=Cc1cccc(N)c1N. The third kappa shape index (κ3) is 3.67. The van der Waals surface area contributed by atoms with E-state index in [1.54, 1.807) is 13.0 Å². The van der Waals surface area contributed by atoms with Gasteiger partial charge in [0.1, 0.15) is 0 Å². The Kier molecular flexibility index (Phi) is 4.24. The zero-order chi connectivity index (χ0) is 11.3. The summed E-state index contributed by atoms with van der Waals surface area (Å²) >= 11 is 1.26. The Morgan fingerprint density at radius 1 is 1.47 bits per heavy atom. The summed E-state index contributed by atoms with van der Waals surface area (Å²) in [6.07, 6.45) is 3.78. The lowest BCUT2D eigenvalue weighted by molar-refractivity contribution is -0.109. The van der Waals surface area contributed by atoms with Crippen LogP contribution < -0.4 is 11.5 Å². The van der Waals surface area contributed by atoms with Gasteiger partial charge in [-0.05, 0) is 11.6 Å². The largest absolute Gasteiger partial charge is 0.397 e. The molecule has 0 fully saturated rings. The maximum Gasteiger partial charge on any atom is 0.186 e. The molecular weight excluding hydrogens is 208 g/mol. The van der Waals surface area contributed by atoms with Crippen LogP contribution in [0.1, 0.15) is 12.5 Å². The first kappa shape index (κ1) is 11.7. The van der Waals surface area contributed by atoms with Gasteiger partial charge >= 0.3 is 0 Å². The summed E-state index contributed by atoms with van der Waals surface area (Å²) in [4.78, 5) is 10.7. The van der Waals surface area contributed by atoms with Crippen molar-refractivity contribution in [2.75, 3.05) is 17.2 Å². The Labute approximate surface area is 93.5 Å². The van der Waals surface area contributed by atoms with Gasteiger partial charge in [-0.25, -0.2) is 0 Å². The summed E-state index contributed by atoms with van der Waals surface area (Å²) in [6.45, 7) is 1.55. The minimum atomic E-state index is 0.111. The second-order valence-corrected chi connectivity index (χ2v) is 4.25. The number of nitrogens with two attached hydrogens (primary N) is 2. The highest BCUT2D eigenvalue weighted by atomic mass is 32.2. The van der Waals surface area contributed by atoms with Crippen LogP contribution in [0.3, 0.4) is 0 Å². The summed E-state index contributed by atoms with van der Waals surface area (Å²) in [5.41, 5.74) is 13.5. The van der Waals surface area contributed by atoms with E-state index >= 15 is 0 Å². The summed E-state index contributed by atoms with van der Waals surface area (Å²) in [5.74, 6) is 0.656. The Bertz CT molecular complexity index is 388. The molecule has 4 heteroatoms. The molecule has 3 nitrogen and oxygen atoms in total. The van der Waals surface area contributed by atoms with Gasteiger partial charge in [0.15, 0.2) is 5.12 Å². The third-order valence-electron chi connectivity index (χ3n) is 1.85. The molecule has 15 heavy (non-hydrogen) atoms. The van der Waals surface area contributed by atoms with Gasteiger partial charge in [-0.2, -0.15) is 0 Å². The smallest absolute Gasteiger partial charge is 0.186 e. The number of hydrogen-bond donors (Lipinski definition) is 2. The van der Waals surface area contributed by atoms with Crippen LogP contribution in [0.2, 0.25) is 0 Å². The van der Waals surface area contributed by atoms with Gasteiger partial charge in [0, 0.05) is 12.7 Å². The van der Waals surface area contributed by atoms with Crippen molar-refractivity contribution in [1.82, 2.24) is 0 Å². The lowest BCUT2D eigenvalue weighted by Crippen LogP contribution is -1.96. The number of carbonyl (C=O) groups is 1. The molecule has 0 radical (unpaired) electrons. The summed E-state index contributed by atoms with van der Waals surface area (Å²) in [6, 6.07) is 5.50. The van der Waals surface area contributed by atoms with E-state index in [2.05, 4.69) is 0 Å². The minimum Gasteiger partial charge on any atom is -0.397 e. The lowest BCUT2D eigenvalue weighted by atomic mass is 10.1. The molecule has 0 amide bonds. The first-order valence-electron chi connectivity index (χ1n) is 4.55. The number of carbonyl (C=O) groups excluding carboxylic acids is 1. The first-order chi connectivity index (χ1) is 7.11. The van der Waals surface area contributed by atoms with Crippen LogP contribution in [0.4, 0.5) is 11.4 Å². The van der Waals surface area contributed by atoms with Crippen molar-refractivity contribution in [3.8, 4) is 0 Å². The fourth-order valence-electron chi connectivity index (χ4n) is 1.09. The van der Waals surface area contributed by atoms with E-state index in [4.69, 9.17) is 11.5 Å². The highest BCUT2D eigenvalue weighted by Gasteiger charge is 1.97. The molecular formula is C11H14N2OS. The predicted octanol–water partition coefficient (Wildman–Crippen LogP) is 2.14. The third-order valence-corrected chi connectivity index (χ3v) is 2.62. The molecule has 4 N–H and O–H groups in total. The fraction of sp³-hybridized carbons (Fsp3) is 0.182. The Morgan fingerprint density at radius 2 is 2.20 bits per heavy atom. The van der Waals surface area contributed by atoms with Crippen molar-refractivity contribution >= 4 is 34.3 Å². The Hall–Kier alpha value is -1.42. The number of benzene rings is 1. The van der Waals surface area contributed by atoms with Gasteiger partial charge in [0.05, 0.1) is 11.4 Å². The average molecular weight is 222 g/mol. The van der Waals surface area contributed by atoms with Crippen molar-refractivity contribution in [3.63, 3.8) is 0 Å². The molecule has 0 heterocycles. The quantitative estimate of drug-likeness (QED) is 0.769. The van der Waals surface area contributed by atoms with Crippen molar-refractivity contribution in [2.24, 2.45) is 0 Å². The van der Waals surface area contributed by atoms with E-state index in [9.17, 15) is 4.79 Å². The second kappa shape index (κ2) is 5.46. The normalized spacial score (nSPS) is 10.7. The molecule has 0 unspecified atom stereocenters. The number of nitrogen functional groups attached to an aromatic ring is 2. The number of hydrogen-bond acceptors (Lipinski definition) is 4. The van der Waals surface area contributed by atoms with E-state index in [1.807, 2.05) is 24.3 Å². The topological polar surface area (TPSA) is 69.1 Å². The molecule has 1 aromatic carbocycles. The second-order valence-electron chi connectivity index (χ2n) is 3.06. The molecule has 0 aliphatic carbocycles. The van der Waals surface area contributed by atoms with Crippen molar-refractivity contribution < 1.29 is 4.79 Å². The highest BCUT2D eigenvalue weighted by Crippen LogP contribution is 2.20. The monoisotopic (exact) mass is 222 g/mol. The van der Waals surface area contributed by atoms with Crippen LogP contribution in [0.15, 0.2) is 24.3 Å². The molecule has 0 spiro atoms. The standard InChI is InChI=1S/C11H14N2OS/c1-8(14)15-7-3-5-9-4-2-6-10(12)11(9)13/h2-6H,7,12-13H2,1H3. The van der Waals surface area contributed by atoms with Crippen LogP contribution in [0, 0.1) is 0 Å². The minimum absolute atomic E-state index is 0.111. The van der Waals surface area contributed by atoms with Crippen LogP contribution in [-0.2, 0) is 4.79 Å². The van der Waals surface area contributed by atoms with Crippen LogP contribution >= 0.6 is 11.8 Å². The molecule has 0 atom stereocenters. The van der Waals surface area contributed by atoms with Gasteiger partial charge in [0.25, 0.3) is 0 Å². The summed E-state index contributed by atoms with van der Waals surface area (Å²) in [7, 11) is 0. The molecule has 0 aliphatic rings. The van der Waals surface area contributed by atoms with E-state index in [0.29, 0.717) is 17.1 Å². The maximum atomic E-state index is 10.7. The Balaban J connectivity index is 2.64. The molecule has 1 aromatic rings. The molecule has 0 aliphatic heterocycles. The van der Waals surface area contributed by atoms with Crippen LogP contribution in [-0.4, -0.2) is 10.9 Å². The van der Waals surface area contributed by atoms with E-state index in [-0.39, 0.29) is 5.12 Å². The summed E-state index contributed by atoms with van der Waals surface area (Å²) < 4.78 is 0. The van der Waals surface area contributed by atoms with Crippen molar-refractivity contribution in [2.45, 2.75) is 6.92 Å². The van der Waals surface area contributed by atoms with Crippen molar-refractivity contribution in [1.29, 1.82) is 0 Å². The zero-order valence-electron chi connectivity index (χ0n) is 8.57. The number of anilines is 2. The Morgan fingerprint density at radius 3 is 2.87 bits per heavy atom. The molecule has 1 rings (SSSR count). The molecule has 0 saturated heterocycles. The maximum absolute atomic E-state index is 10.7. The predicted molar refractivity (Wildman–Crippen MR) is 67.4 cm³/mol. The van der Waals surface area contributed by atoms with Gasteiger partial charge in [-0.1, -0.05) is 36.0 Å². The van der Waals surface area contributed by atoms with Gasteiger partial charge < -0.3 is 11.5 Å². The highest BCUT2D eigenvalue weighted by molar-refractivity contribution is 8.13. The molecule has 0 bridgehead atoms. The molecule has 0 saturated carbocycles. The zero-order valence-corrected chi connectivity index (χ0v) is 9.38. The average Bonchev–Trinajstić information content (AvgIpc) is 2.18. The van der Waals surface area contributed by atoms with Crippen molar-refractivity contribution in [3.05, 3.63) is 29.8 Å². The van der Waals surface area contributed by atoms with Gasteiger partial charge in [-0.15, -0.1) is 0 Å². The van der Waals surface area contributed by atoms with E-state index < -0.39 is 0 Å². The molecule has 80 valence electrons. The lowest BCUT2D eigenvalue weighted by Gasteiger charge is -2.02. The van der Waals surface area contributed by atoms with E-state index in [0.717, 1.165) is 5.56 Å². The number of thioether (sulfide) groups is 1. The number of para-hydroxylation sites is 1. The summed E-state index contributed by atoms with van der Waals surface area (Å²) in [5, 5.41) is 0.111. The van der Waals surface area contributed by atoms with Gasteiger partial charge in [0.2, 0.25) is 0 Å².